The number of aryl methyl sites for hydroxylation is 1. The molecule has 1 unspecified atom stereocenters. The molecule has 1 aromatic rings. The average Bonchev–Trinajstić information content (AvgIpc) is 2.83. The lowest BCUT2D eigenvalue weighted by Crippen LogP contribution is -2.10. The second-order valence-electron chi connectivity index (χ2n) is 5.17. The van der Waals surface area contributed by atoms with E-state index in [-0.39, 0.29) is 0 Å². The van der Waals surface area contributed by atoms with Crippen LogP contribution in [0.3, 0.4) is 0 Å². The van der Waals surface area contributed by atoms with E-state index in [0.29, 0.717) is 5.25 Å². The molecule has 1 atom stereocenters. The number of rotatable bonds is 2. The van der Waals surface area contributed by atoms with Crippen LogP contribution in [0.4, 0.5) is 5.82 Å². The minimum atomic E-state index is 0.533. The van der Waals surface area contributed by atoms with Crippen molar-refractivity contribution >= 4 is 17.6 Å². The van der Waals surface area contributed by atoms with E-state index in [9.17, 15) is 0 Å². The number of anilines is 1. The summed E-state index contributed by atoms with van der Waals surface area (Å²) < 4.78 is 0. The van der Waals surface area contributed by atoms with Crippen LogP contribution < -0.4 is 5.32 Å². The summed E-state index contributed by atoms with van der Waals surface area (Å²) in [4.78, 5) is 9.68. The second kappa shape index (κ2) is 5.47. The van der Waals surface area contributed by atoms with E-state index >= 15 is 0 Å². The van der Waals surface area contributed by atoms with Gasteiger partial charge in [-0.15, -0.1) is 0 Å². The van der Waals surface area contributed by atoms with Crippen molar-refractivity contribution in [3.8, 4) is 0 Å². The molecule has 0 bridgehead atoms. The van der Waals surface area contributed by atoms with Crippen LogP contribution in [-0.2, 0) is 12.8 Å². The molecule has 2 aliphatic rings. The molecule has 0 amide bonds. The van der Waals surface area contributed by atoms with Gasteiger partial charge in [0.2, 0.25) is 0 Å². The third kappa shape index (κ3) is 2.35. The van der Waals surface area contributed by atoms with E-state index in [4.69, 9.17) is 9.97 Å². The Kier molecular flexibility index (Phi) is 3.73. The zero-order chi connectivity index (χ0) is 12.4. The smallest absolute Gasteiger partial charge is 0.143 e. The van der Waals surface area contributed by atoms with Crippen LogP contribution in [0.2, 0.25) is 0 Å². The van der Waals surface area contributed by atoms with E-state index in [0.717, 1.165) is 24.5 Å². The molecule has 1 saturated heterocycles. The first-order valence-corrected chi connectivity index (χ1v) is 8.12. The van der Waals surface area contributed by atoms with E-state index in [2.05, 4.69) is 5.32 Å². The largest absolute Gasteiger partial charge is 0.373 e. The van der Waals surface area contributed by atoms with Crippen molar-refractivity contribution < 1.29 is 0 Å². The second-order valence-corrected chi connectivity index (χ2v) is 6.48. The molecule has 3 rings (SSSR count). The Bertz CT molecular complexity index is 427. The summed E-state index contributed by atoms with van der Waals surface area (Å²) in [5.41, 5.74) is 2.69. The minimum absolute atomic E-state index is 0.533. The van der Waals surface area contributed by atoms with E-state index in [1.165, 1.54) is 49.1 Å². The highest BCUT2D eigenvalue weighted by Gasteiger charge is 2.23. The Morgan fingerprint density at radius 3 is 2.78 bits per heavy atom. The Morgan fingerprint density at radius 1 is 1.11 bits per heavy atom. The maximum absolute atomic E-state index is 4.89. The van der Waals surface area contributed by atoms with Crippen LogP contribution in [0, 0.1) is 0 Å². The van der Waals surface area contributed by atoms with Crippen molar-refractivity contribution in [3.05, 3.63) is 17.1 Å². The summed E-state index contributed by atoms with van der Waals surface area (Å²) >= 11 is 2.02. The molecule has 1 aliphatic carbocycles. The summed E-state index contributed by atoms with van der Waals surface area (Å²) in [6.45, 7) is 0. The molecule has 3 nitrogen and oxygen atoms in total. The quantitative estimate of drug-likeness (QED) is 0.830. The van der Waals surface area contributed by atoms with Gasteiger partial charge in [0.15, 0.2) is 0 Å². The maximum atomic E-state index is 4.89. The van der Waals surface area contributed by atoms with Crippen molar-refractivity contribution in [2.45, 2.75) is 50.2 Å². The zero-order valence-corrected chi connectivity index (χ0v) is 11.9. The van der Waals surface area contributed by atoms with E-state index < -0.39 is 0 Å². The van der Waals surface area contributed by atoms with Gasteiger partial charge < -0.3 is 5.32 Å². The highest BCUT2D eigenvalue weighted by Crippen LogP contribution is 2.39. The van der Waals surface area contributed by atoms with Crippen LogP contribution in [0.5, 0.6) is 0 Å². The number of nitrogens with zero attached hydrogens (tertiary/aromatic N) is 2. The van der Waals surface area contributed by atoms with Crippen molar-refractivity contribution in [1.82, 2.24) is 9.97 Å². The first-order valence-electron chi connectivity index (χ1n) is 7.07. The number of aromatic nitrogens is 2. The van der Waals surface area contributed by atoms with Crippen LogP contribution in [0.1, 0.15) is 54.4 Å². The number of fused-ring (bicyclic) bond motifs is 1. The van der Waals surface area contributed by atoms with Crippen LogP contribution in [-0.4, -0.2) is 22.8 Å². The summed E-state index contributed by atoms with van der Waals surface area (Å²) in [5, 5.41) is 3.82. The molecule has 0 spiro atoms. The van der Waals surface area contributed by atoms with Gasteiger partial charge in [-0.1, -0.05) is 6.42 Å². The summed E-state index contributed by atoms with van der Waals surface area (Å²) in [6.07, 6.45) is 8.72. The summed E-state index contributed by atoms with van der Waals surface area (Å²) in [6, 6.07) is 0. The number of hydrogen-bond donors (Lipinski definition) is 1. The van der Waals surface area contributed by atoms with E-state index in [1.54, 1.807) is 0 Å². The molecule has 18 heavy (non-hydrogen) atoms. The molecule has 1 fully saturated rings. The molecule has 0 aromatic carbocycles. The Balaban J connectivity index is 1.98. The van der Waals surface area contributed by atoms with Crippen molar-refractivity contribution in [2.24, 2.45) is 0 Å². The minimum Gasteiger partial charge on any atom is -0.373 e. The van der Waals surface area contributed by atoms with E-state index in [1.807, 2.05) is 18.8 Å². The zero-order valence-electron chi connectivity index (χ0n) is 11.0. The monoisotopic (exact) mass is 263 g/mol. The molecule has 1 aliphatic heterocycles. The highest BCUT2D eigenvalue weighted by molar-refractivity contribution is 7.99. The molecule has 2 heterocycles. The molecule has 1 N–H and O–H groups in total. The number of nitrogens with one attached hydrogen (secondary N) is 1. The van der Waals surface area contributed by atoms with Crippen LogP contribution in [0.25, 0.3) is 0 Å². The highest BCUT2D eigenvalue weighted by atomic mass is 32.2. The third-order valence-corrected chi connectivity index (χ3v) is 5.28. The van der Waals surface area contributed by atoms with Crippen LogP contribution >= 0.6 is 11.8 Å². The molecule has 0 saturated carbocycles. The first kappa shape index (κ1) is 12.3. The fraction of sp³-hybridized carbons (Fsp3) is 0.714. The maximum Gasteiger partial charge on any atom is 0.143 e. The predicted octanol–water partition coefficient (Wildman–Crippen LogP) is 3.36. The van der Waals surface area contributed by atoms with Gasteiger partial charge in [0.25, 0.3) is 0 Å². The average molecular weight is 263 g/mol. The van der Waals surface area contributed by atoms with Crippen molar-refractivity contribution in [1.29, 1.82) is 0 Å². The summed E-state index contributed by atoms with van der Waals surface area (Å²) in [5.74, 6) is 3.42. The molecular formula is C14H21N3S. The predicted molar refractivity (Wildman–Crippen MR) is 77.3 cm³/mol. The molecule has 4 heteroatoms. The van der Waals surface area contributed by atoms with Gasteiger partial charge in [0, 0.05) is 18.3 Å². The normalized spacial score (nSPS) is 23.5. The fourth-order valence-electron chi connectivity index (χ4n) is 2.92. The van der Waals surface area contributed by atoms with Gasteiger partial charge in [0.1, 0.15) is 11.6 Å². The van der Waals surface area contributed by atoms with Crippen molar-refractivity contribution in [2.75, 3.05) is 18.1 Å². The van der Waals surface area contributed by atoms with Crippen LogP contribution in [0.15, 0.2) is 0 Å². The van der Waals surface area contributed by atoms with Gasteiger partial charge in [-0.2, -0.15) is 11.8 Å². The third-order valence-electron chi connectivity index (χ3n) is 3.90. The lowest BCUT2D eigenvalue weighted by Gasteiger charge is -2.15. The SMILES string of the molecule is CNc1nc(C2CCCS2)nc2c1CCCCC2. The molecule has 0 radical (unpaired) electrons. The first-order chi connectivity index (χ1) is 8.88. The molecule has 98 valence electrons. The molecule has 1 aromatic heterocycles. The topological polar surface area (TPSA) is 37.8 Å². The lowest BCUT2D eigenvalue weighted by molar-refractivity contribution is 0.706. The molecular weight excluding hydrogens is 242 g/mol. The fourth-order valence-corrected chi connectivity index (χ4v) is 4.13. The standard InChI is InChI=1S/C14H21N3S/c1-15-13-10-6-3-2-4-7-11(10)16-14(17-13)12-8-5-9-18-12/h12H,2-9H2,1H3,(H,15,16,17). The van der Waals surface area contributed by atoms with Gasteiger partial charge in [-0.05, 0) is 44.3 Å². The van der Waals surface area contributed by atoms with Gasteiger partial charge >= 0.3 is 0 Å². The Labute approximate surface area is 113 Å². The summed E-state index contributed by atoms with van der Waals surface area (Å²) in [7, 11) is 1.99. The lowest BCUT2D eigenvalue weighted by atomic mass is 10.1. The Morgan fingerprint density at radius 2 is 2.00 bits per heavy atom. The van der Waals surface area contributed by atoms with Gasteiger partial charge in [-0.25, -0.2) is 9.97 Å². The van der Waals surface area contributed by atoms with Crippen molar-refractivity contribution in [3.63, 3.8) is 0 Å². The Hall–Kier alpha value is -0.770. The van der Waals surface area contributed by atoms with Gasteiger partial charge in [-0.3, -0.25) is 0 Å². The number of thioether (sulfide) groups is 1. The van der Waals surface area contributed by atoms with Gasteiger partial charge in [0.05, 0.1) is 5.25 Å². The number of hydrogen-bond acceptors (Lipinski definition) is 4.